The van der Waals surface area contributed by atoms with E-state index in [2.05, 4.69) is 5.32 Å². The van der Waals surface area contributed by atoms with Crippen LogP contribution in [0.15, 0.2) is 48.5 Å². The van der Waals surface area contributed by atoms with Crippen LogP contribution in [0.1, 0.15) is 31.0 Å². The zero-order chi connectivity index (χ0) is 20.9. The Labute approximate surface area is 164 Å². The van der Waals surface area contributed by atoms with Crippen LogP contribution in [0.3, 0.4) is 0 Å². The maximum absolute atomic E-state index is 12.4. The topological polar surface area (TPSA) is 110 Å². The molecular weight excluding hydrogens is 382 g/mol. The summed E-state index contributed by atoms with van der Waals surface area (Å²) in [4.78, 5) is 22.8. The van der Waals surface area contributed by atoms with Gasteiger partial charge in [-0.15, -0.1) is 0 Å². The van der Waals surface area contributed by atoms with Crippen LogP contribution in [-0.2, 0) is 21.2 Å². The second-order valence-corrected chi connectivity index (χ2v) is 8.34. The van der Waals surface area contributed by atoms with Crippen molar-refractivity contribution in [2.24, 2.45) is 0 Å². The molecule has 150 valence electrons. The maximum Gasteiger partial charge on any atom is 0.271 e. The van der Waals surface area contributed by atoms with Crippen LogP contribution in [0.5, 0.6) is 0 Å². The molecule has 8 nitrogen and oxygen atoms in total. The fourth-order valence-corrected chi connectivity index (χ4v) is 3.55. The van der Waals surface area contributed by atoms with Crippen molar-refractivity contribution < 1.29 is 18.1 Å². The Hall–Kier alpha value is -2.94. The summed E-state index contributed by atoms with van der Waals surface area (Å²) in [7, 11) is -3.82. The smallest absolute Gasteiger partial charge is 0.271 e. The average Bonchev–Trinajstić information content (AvgIpc) is 2.65. The van der Waals surface area contributed by atoms with Crippen molar-refractivity contribution in [2.45, 2.75) is 26.3 Å². The standard InChI is InChI=1S/C19H23N3O5S/c1-4-15-8-10-16(11-9-15)14(2)20-19(23)13-21(28(3,26)27)17-6-5-7-18(12-17)22(24)25/h5-12,14H,4,13H2,1-3H3,(H,20,23)/t14-/m1/s1. The number of nitrogens with one attached hydrogen (secondary N) is 1. The molecule has 2 aromatic carbocycles. The van der Waals surface area contributed by atoms with Crippen molar-refractivity contribution in [3.05, 3.63) is 69.8 Å². The molecule has 9 heteroatoms. The van der Waals surface area contributed by atoms with Crippen LogP contribution in [0.25, 0.3) is 0 Å². The van der Waals surface area contributed by atoms with E-state index in [0.717, 1.165) is 28.6 Å². The van der Waals surface area contributed by atoms with E-state index in [-0.39, 0.29) is 17.4 Å². The van der Waals surface area contributed by atoms with Gasteiger partial charge in [0.15, 0.2) is 0 Å². The largest absolute Gasteiger partial charge is 0.348 e. The third kappa shape index (κ3) is 5.53. The van der Waals surface area contributed by atoms with E-state index in [9.17, 15) is 23.3 Å². The quantitative estimate of drug-likeness (QED) is 0.536. The molecule has 0 heterocycles. The van der Waals surface area contributed by atoms with Gasteiger partial charge in [-0.1, -0.05) is 37.3 Å². The Balaban J connectivity index is 2.17. The summed E-state index contributed by atoms with van der Waals surface area (Å²) in [5.74, 6) is -0.510. The van der Waals surface area contributed by atoms with Gasteiger partial charge in [-0.3, -0.25) is 19.2 Å². The molecule has 0 aliphatic rings. The lowest BCUT2D eigenvalue weighted by molar-refractivity contribution is -0.384. The van der Waals surface area contributed by atoms with E-state index >= 15 is 0 Å². The number of nitro groups is 1. The molecule has 2 rings (SSSR count). The molecule has 0 fully saturated rings. The lowest BCUT2D eigenvalue weighted by Crippen LogP contribution is -2.41. The minimum atomic E-state index is -3.82. The highest BCUT2D eigenvalue weighted by Gasteiger charge is 2.23. The van der Waals surface area contributed by atoms with Crippen molar-refractivity contribution >= 4 is 27.3 Å². The van der Waals surface area contributed by atoms with Crippen LogP contribution in [0.4, 0.5) is 11.4 Å². The molecule has 0 aliphatic heterocycles. The second-order valence-electron chi connectivity index (χ2n) is 6.43. The van der Waals surface area contributed by atoms with Crippen molar-refractivity contribution in [3.63, 3.8) is 0 Å². The Bertz CT molecular complexity index is 958. The number of carbonyl (C=O) groups is 1. The zero-order valence-electron chi connectivity index (χ0n) is 16.0. The summed E-state index contributed by atoms with van der Waals surface area (Å²) < 4.78 is 25.2. The van der Waals surface area contributed by atoms with Gasteiger partial charge in [0, 0.05) is 12.1 Å². The van der Waals surface area contributed by atoms with Gasteiger partial charge >= 0.3 is 0 Å². The third-order valence-corrected chi connectivity index (χ3v) is 5.42. The molecule has 28 heavy (non-hydrogen) atoms. The molecule has 1 amide bonds. The van der Waals surface area contributed by atoms with Crippen molar-refractivity contribution in [1.29, 1.82) is 0 Å². The average molecular weight is 405 g/mol. The number of anilines is 1. The number of amides is 1. The predicted molar refractivity (Wildman–Crippen MR) is 108 cm³/mol. The van der Waals surface area contributed by atoms with Gasteiger partial charge in [0.25, 0.3) is 5.69 Å². The highest BCUT2D eigenvalue weighted by molar-refractivity contribution is 7.92. The van der Waals surface area contributed by atoms with Gasteiger partial charge < -0.3 is 5.32 Å². The number of benzene rings is 2. The van der Waals surface area contributed by atoms with E-state index in [4.69, 9.17) is 0 Å². The minimum absolute atomic E-state index is 0.0619. The first kappa shape index (κ1) is 21.4. The first-order valence-corrected chi connectivity index (χ1v) is 10.6. The van der Waals surface area contributed by atoms with Gasteiger partial charge in [-0.2, -0.15) is 0 Å². The number of nitro benzene ring substituents is 1. The van der Waals surface area contributed by atoms with Gasteiger partial charge in [0.1, 0.15) is 6.54 Å². The fraction of sp³-hybridized carbons (Fsp3) is 0.316. The van der Waals surface area contributed by atoms with Gasteiger partial charge in [-0.05, 0) is 30.5 Å². The van der Waals surface area contributed by atoms with E-state index in [1.54, 1.807) is 6.92 Å². The number of non-ortho nitro benzene ring substituents is 1. The van der Waals surface area contributed by atoms with E-state index in [1.807, 2.05) is 31.2 Å². The summed E-state index contributed by atoms with van der Waals surface area (Å²) >= 11 is 0. The Kier molecular flexibility index (Phi) is 6.74. The van der Waals surface area contributed by atoms with Crippen molar-refractivity contribution in [1.82, 2.24) is 5.32 Å². The van der Waals surface area contributed by atoms with Crippen molar-refractivity contribution in [3.8, 4) is 0 Å². The maximum atomic E-state index is 12.4. The molecule has 0 aromatic heterocycles. The molecule has 0 aliphatic carbocycles. The normalized spacial score (nSPS) is 12.2. The molecule has 0 unspecified atom stereocenters. The number of rotatable bonds is 8. The third-order valence-electron chi connectivity index (χ3n) is 4.28. The van der Waals surface area contributed by atoms with Crippen LogP contribution < -0.4 is 9.62 Å². The zero-order valence-corrected chi connectivity index (χ0v) is 16.8. The Morgan fingerprint density at radius 3 is 2.39 bits per heavy atom. The number of hydrogen-bond acceptors (Lipinski definition) is 5. The molecule has 1 N–H and O–H groups in total. The lowest BCUT2D eigenvalue weighted by atomic mass is 10.1. The number of nitrogens with zero attached hydrogens (tertiary/aromatic N) is 2. The van der Waals surface area contributed by atoms with Gasteiger partial charge in [0.05, 0.1) is 22.9 Å². The number of aryl methyl sites for hydroxylation is 1. The molecule has 0 bridgehead atoms. The molecule has 1 atom stereocenters. The fourth-order valence-electron chi connectivity index (χ4n) is 2.70. The van der Waals surface area contributed by atoms with E-state index < -0.39 is 27.4 Å². The molecule has 0 saturated carbocycles. The van der Waals surface area contributed by atoms with Crippen LogP contribution in [0.2, 0.25) is 0 Å². The van der Waals surface area contributed by atoms with E-state index in [1.165, 1.54) is 23.8 Å². The highest BCUT2D eigenvalue weighted by atomic mass is 32.2. The summed E-state index contributed by atoms with van der Waals surface area (Å²) in [6.45, 7) is 3.38. The number of hydrogen-bond donors (Lipinski definition) is 1. The molecule has 2 aromatic rings. The summed E-state index contributed by atoms with van der Waals surface area (Å²) in [6.07, 6.45) is 1.86. The Morgan fingerprint density at radius 1 is 1.21 bits per heavy atom. The first-order chi connectivity index (χ1) is 13.1. The number of sulfonamides is 1. The van der Waals surface area contributed by atoms with E-state index in [0.29, 0.717) is 0 Å². The minimum Gasteiger partial charge on any atom is -0.348 e. The second kappa shape index (κ2) is 8.83. The number of carbonyl (C=O) groups excluding carboxylic acids is 1. The van der Waals surface area contributed by atoms with Crippen LogP contribution in [-0.4, -0.2) is 32.0 Å². The summed E-state index contributed by atoms with van der Waals surface area (Å²) in [5, 5.41) is 13.7. The van der Waals surface area contributed by atoms with Gasteiger partial charge in [0.2, 0.25) is 15.9 Å². The monoisotopic (exact) mass is 405 g/mol. The molecular formula is C19H23N3O5S. The summed E-state index contributed by atoms with van der Waals surface area (Å²) in [6, 6.07) is 12.6. The van der Waals surface area contributed by atoms with Gasteiger partial charge in [-0.25, -0.2) is 8.42 Å². The summed E-state index contributed by atoms with van der Waals surface area (Å²) in [5.41, 5.74) is 1.88. The highest BCUT2D eigenvalue weighted by Crippen LogP contribution is 2.23. The Morgan fingerprint density at radius 2 is 1.86 bits per heavy atom. The van der Waals surface area contributed by atoms with Crippen LogP contribution in [0, 0.1) is 10.1 Å². The lowest BCUT2D eigenvalue weighted by Gasteiger charge is -2.23. The predicted octanol–water partition coefficient (Wildman–Crippen LogP) is 2.80. The molecule has 0 spiro atoms. The molecule has 0 saturated heterocycles. The first-order valence-electron chi connectivity index (χ1n) is 8.72. The molecule has 0 radical (unpaired) electrons. The SMILES string of the molecule is CCc1ccc([C@@H](C)NC(=O)CN(c2cccc([N+](=O)[O-])c2)S(C)(=O)=O)cc1. The van der Waals surface area contributed by atoms with Crippen molar-refractivity contribution in [2.75, 3.05) is 17.1 Å². The van der Waals surface area contributed by atoms with Crippen LogP contribution >= 0.6 is 0 Å².